The van der Waals surface area contributed by atoms with E-state index < -0.39 is 0 Å². The van der Waals surface area contributed by atoms with Gasteiger partial charge in [0.25, 0.3) is 0 Å². The van der Waals surface area contributed by atoms with Crippen LogP contribution in [-0.4, -0.2) is 36.1 Å². The van der Waals surface area contributed by atoms with E-state index >= 15 is 0 Å². The van der Waals surface area contributed by atoms with E-state index in [9.17, 15) is 9.18 Å². The van der Waals surface area contributed by atoms with E-state index in [0.29, 0.717) is 19.5 Å². The molecule has 0 spiro atoms. The number of benzene rings is 2. The molecule has 0 atom stereocenters. The van der Waals surface area contributed by atoms with Crippen LogP contribution in [0.5, 0.6) is 0 Å². The quantitative estimate of drug-likeness (QED) is 0.669. The molecular formula is C20H21FN2O2. The topological polar surface area (TPSA) is 45.3 Å². The van der Waals surface area contributed by atoms with Gasteiger partial charge in [-0.25, -0.2) is 4.39 Å². The van der Waals surface area contributed by atoms with Crippen LogP contribution in [-0.2, 0) is 22.5 Å². The Morgan fingerprint density at radius 1 is 1.20 bits per heavy atom. The van der Waals surface area contributed by atoms with Crippen LogP contribution in [0.1, 0.15) is 11.1 Å². The van der Waals surface area contributed by atoms with Crippen molar-refractivity contribution < 1.29 is 13.9 Å². The van der Waals surface area contributed by atoms with Crippen molar-refractivity contribution in [2.75, 3.05) is 20.2 Å². The minimum Gasteiger partial charge on any atom is -0.468 e. The molecule has 4 nitrogen and oxygen atoms in total. The summed E-state index contributed by atoms with van der Waals surface area (Å²) in [6, 6.07) is 14.7. The van der Waals surface area contributed by atoms with Gasteiger partial charge in [0.1, 0.15) is 5.82 Å². The molecule has 0 aliphatic rings. The Bertz CT molecular complexity index is 845. The zero-order valence-corrected chi connectivity index (χ0v) is 14.2. The highest BCUT2D eigenvalue weighted by Crippen LogP contribution is 2.20. The van der Waals surface area contributed by atoms with Gasteiger partial charge in [0.05, 0.1) is 13.7 Å². The fourth-order valence-corrected chi connectivity index (χ4v) is 2.94. The zero-order valence-electron chi connectivity index (χ0n) is 14.2. The van der Waals surface area contributed by atoms with E-state index in [0.717, 1.165) is 22.0 Å². The van der Waals surface area contributed by atoms with E-state index in [4.69, 9.17) is 4.74 Å². The van der Waals surface area contributed by atoms with E-state index in [-0.39, 0.29) is 18.3 Å². The number of carbonyl (C=O) groups excluding carboxylic acids is 1. The first kappa shape index (κ1) is 17.2. The smallest absolute Gasteiger partial charge is 0.319 e. The lowest BCUT2D eigenvalue weighted by Gasteiger charge is -2.21. The van der Waals surface area contributed by atoms with Crippen LogP contribution in [0.15, 0.2) is 54.7 Å². The molecule has 25 heavy (non-hydrogen) atoms. The number of hydrogen-bond donors (Lipinski definition) is 1. The van der Waals surface area contributed by atoms with Crippen molar-refractivity contribution in [2.45, 2.75) is 13.0 Å². The number of aromatic amines is 1. The average molecular weight is 340 g/mol. The summed E-state index contributed by atoms with van der Waals surface area (Å²) in [6.07, 6.45) is 2.62. The summed E-state index contributed by atoms with van der Waals surface area (Å²) < 4.78 is 18.3. The van der Waals surface area contributed by atoms with Crippen molar-refractivity contribution in [1.82, 2.24) is 9.88 Å². The Kier molecular flexibility index (Phi) is 5.46. The molecule has 3 aromatic rings. The Hall–Kier alpha value is -2.66. The molecule has 1 heterocycles. The van der Waals surface area contributed by atoms with Gasteiger partial charge in [-0.3, -0.25) is 9.69 Å². The maximum absolute atomic E-state index is 13.5. The van der Waals surface area contributed by atoms with Gasteiger partial charge in [0.15, 0.2) is 0 Å². The number of methoxy groups -OCH3 is 1. The number of hydrogen-bond acceptors (Lipinski definition) is 3. The average Bonchev–Trinajstić information content (AvgIpc) is 3.02. The van der Waals surface area contributed by atoms with Crippen molar-refractivity contribution in [2.24, 2.45) is 0 Å². The van der Waals surface area contributed by atoms with Crippen LogP contribution in [0.4, 0.5) is 4.39 Å². The van der Waals surface area contributed by atoms with Crippen molar-refractivity contribution >= 4 is 16.9 Å². The summed E-state index contributed by atoms with van der Waals surface area (Å²) in [5, 5.41) is 0.887. The third-order valence-corrected chi connectivity index (χ3v) is 4.26. The van der Waals surface area contributed by atoms with Crippen molar-refractivity contribution in [3.8, 4) is 0 Å². The molecule has 1 N–H and O–H groups in total. The third-order valence-electron chi connectivity index (χ3n) is 4.26. The van der Waals surface area contributed by atoms with Crippen LogP contribution in [0, 0.1) is 5.82 Å². The fraction of sp³-hybridized carbons (Fsp3) is 0.250. The first-order valence-corrected chi connectivity index (χ1v) is 8.24. The van der Waals surface area contributed by atoms with Gasteiger partial charge in [-0.1, -0.05) is 30.3 Å². The molecule has 0 unspecified atom stereocenters. The molecule has 2 aromatic carbocycles. The highest BCUT2D eigenvalue weighted by molar-refractivity contribution is 5.83. The van der Waals surface area contributed by atoms with Gasteiger partial charge < -0.3 is 9.72 Å². The number of nitrogens with zero attached hydrogens (tertiary/aromatic N) is 1. The van der Waals surface area contributed by atoms with E-state index in [1.165, 1.54) is 13.2 Å². The molecule has 3 rings (SSSR count). The number of nitrogens with one attached hydrogen (secondary N) is 1. The minimum atomic E-state index is -0.263. The van der Waals surface area contributed by atoms with Gasteiger partial charge in [0, 0.05) is 30.2 Å². The standard InChI is InChI=1S/C20H21FN2O2/c1-25-20(24)14-23(13-15-5-3-2-4-6-15)10-9-16-12-22-19-8-7-17(21)11-18(16)19/h2-8,11-12,22H,9-10,13-14H2,1H3. The molecular weight excluding hydrogens is 319 g/mol. The lowest BCUT2D eigenvalue weighted by molar-refractivity contribution is -0.142. The lowest BCUT2D eigenvalue weighted by Crippen LogP contribution is -2.32. The van der Waals surface area contributed by atoms with Crippen molar-refractivity contribution in [3.05, 3.63) is 71.7 Å². The second-order valence-electron chi connectivity index (χ2n) is 6.03. The number of rotatable bonds is 7. The van der Waals surface area contributed by atoms with Crippen LogP contribution in [0.2, 0.25) is 0 Å². The molecule has 130 valence electrons. The Balaban J connectivity index is 1.72. The number of esters is 1. The van der Waals surface area contributed by atoms with Gasteiger partial charge in [-0.05, 0) is 35.7 Å². The summed E-state index contributed by atoms with van der Waals surface area (Å²) in [6.45, 7) is 1.56. The van der Waals surface area contributed by atoms with Crippen LogP contribution in [0.3, 0.4) is 0 Å². The number of carbonyl (C=O) groups is 1. The predicted molar refractivity (Wildman–Crippen MR) is 95.7 cm³/mol. The van der Waals surface area contributed by atoms with Gasteiger partial charge in [-0.15, -0.1) is 0 Å². The number of fused-ring (bicyclic) bond motifs is 1. The molecule has 0 saturated carbocycles. The molecule has 0 bridgehead atoms. The number of ether oxygens (including phenoxy) is 1. The zero-order chi connectivity index (χ0) is 17.6. The summed E-state index contributed by atoms with van der Waals surface area (Å²) in [7, 11) is 1.39. The van der Waals surface area contributed by atoms with Crippen LogP contribution in [0.25, 0.3) is 10.9 Å². The van der Waals surface area contributed by atoms with Crippen LogP contribution >= 0.6 is 0 Å². The second-order valence-corrected chi connectivity index (χ2v) is 6.03. The highest BCUT2D eigenvalue weighted by atomic mass is 19.1. The normalized spacial score (nSPS) is 11.2. The largest absolute Gasteiger partial charge is 0.468 e. The molecule has 0 aliphatic carbocycles. The van der Waals surface area contributed by atoms with Gasteiger partial charge >= 0.3 is 5.97 Å². The second kappa shape index (κ2) is 7.94. The summed E-state index contributed by atoms with van der Waals surface area (Å²) >= 11 is 0. The lowest BCUT2D eigenvalue weighted by atomic mass is 10.1. The molecule has 5 heteroatoms. The highest BCUT2D eigenvalue weighted by Gasteiger charge is 2.13. The Morgan fingerprint density at radius 2 is 2.00 bits per heavy atom. The first-order valence-electron chi connectivity index (χ1n) is 8.24. The predicted octanol–water partition coefficient (Wildman–Crippen LogP) is 3.52. The third kappa shape index (κ3) is 4.45. The Labute approximate surface area is 146 Å². The number of halogens is 1. The molecule has 0 saturated heterocycles. The molecule has 0 radical (unpaired) electrons. The fourth-order valence-electron chi connectivity index (χ4n) is 2.94. The Morgan fingerprint density at radius 3 is 2.76 bits per heavy atom. The summed E-state index contributed by atoms with van der Waals surface area (Å²) in [5.41, 5.74) is 3.09. The summed E-state index contributed by atoms with van der Waals surface area (Å²) in [5.74, 6) is -0.509. The van der Waals surface area contributed by atoms with Gasteiger partial charge in [-0.2, -0.15) is 0 Å². The van der Waals surface area contributed by atoms with E-state index in [1.54, 1.807) is 12.1 Å². The number of aromatic nitrogens is 1. The monoisotopic (exact) mass is 340 g/mol. The SMILES string of the molecule is COC(=O)CN(CCc1c[nH]c2ccc(F)cc12)Cc1ccccc1. The molecule has 0 fully saturated rings. The first-order chi connectivity index (χ1) is 12.2. The summed E-state index contributed by atoms with van der Waals surface area (Å²) in [4.78, 5) is 16.9. The van der Waals surface area contributed by atoms with Crippen LogP contribution < -0.4 is 0 Å². The molecule has 0 aliphatic heterocycles. The maximum atomic E-state index is 13.5. The maximum Gasteiger partial charge on any atom is 0.319 e. The molecule has 1 aromatic heterocycles. The van der Waals surface area contributed by atoms with E-state index in [1.807, 2.05) is 41.4 Å². The van der Waals surface area contributed by atoms with E-state index in [2.05, 4.69) is 4.98 Å². The molecule has 0 amide bonds. The van der Waals surface area contributed by atoms with Crippen molar-refractivity contribution in [1.29, 1.82) is 0 Å². The minimum absolute atomic E-state index is 0.224. The number of H-pyrrole nitrogens is 1. The van der Waals surface area contributed by atoms with Gasteiger partial charge in [0.2, 0.25) is 0 Å². The van der Waals surface area contributed by atoms with Crippen molar-refractivity contribution in [3.63, 3.8) is 0 Å².